The summed E-state index contributed by atoms with van der Waals surface area (Å²) in [6.07, 6.45) is 0. The van der Waals surface area contributed by atoms with Gasteiger partial charge in [-0.3, -0.25) is 9.59 Å². The van der Waals surface area contributed by atoms with Crippen LogP contribution in [0.15, 0.2) is 48.5 Å². The highest BCUT2D eigenvalue weighted by Crippen LogP contribution is 2.20. The minimum Gasteiger partial charge on any atom is -0.383 e. The molecule has 0 aromatic heterocycles. The molecule has 0 saturated heterocycles. The van der Waals surface area contributed by atoms with Crippen LogP contribution in [0.4, 0.5) is 11.4 Å². The summed E-state index contributed by atoms with van der Waals surface area (Å²) in [7, 11) is 1.61. The lowest BCUT2D eigenvalue weighted by molar-refractivity contribution is -0.115. The van der Waals surface area contributed by atoms with Crippen LogP contribution in [0.1, 0.15) is 15.9 Å². The van der Waals surface area contributed by atoms with Crippen molar-refractivity contribution in [2.24, 2.45) is 0 Å². The van der Waals surface area contributed by atoms with Gasteiger partial charge in [0.05, 0.1) is 13.2 Å². The van der Waals surface area contributed by atoms with Crippen molar-refractivity contribution < 1.29 is 14.3 Å². The van der Waals surface area contributed by atoms with Crippen LogP contribution in [0.5, 0.6) is 0 Å². The topological polar surface area (TPSA) is 79.5 Å². The van der Waals surface area contributed by atoms with Gasteiger partial charge >= 0.3 is 0 Å². The monoisotopic (exact) mass is 377 g/mol. The summed E-state index contributed by atoms with van der Waals surface area (Å²) in [5.41, 5.74) is 2.60. The van der Waals surface area contributed by atoms with E-state index >= 15 is 0 Å². The van der Waals surface area contributed by atoms with Crippen molar-refractivity contribution >= 4 is 35.6 Å². The maximum atomic E-state index is 12.5. The van der Waals surface area contributed by atoms with Crippen LogP contribution in [0.3, 0.4) is 0 Å². The minimum absolute atomic E-state index is 0. The number of ether oxygens (including phenoxy) is 1. The van der Waals surface area contributed by atoms with E-state index in [9.17, 15) is 9.59 Å². The van der Waals surface area contributed by atoms with Crippen LogP contribution < -0.4 is 16.0 Å². The number of hydrogen-bond acceptors (Lipinski definition) is 4. The number of hydrogen-bond donors (Lipinski definition) is 3. The fourth-order valence-corrected chi connectivity index (χ4v) is 2.31. The van der Waals surface area contributed by atoms with Gasteiger partial charge in [-0.2, -0.15) is 0 Å². The molecule has 0 fully saturated rings. The molecular weight excluding hydrogens is 354 g/mol. The Bertz CT molecular complexity index is 723. The summed E-state index contributed by atoms with van der Waals surface area (Å²) in [6.45, 7) is 3.14. The molecule has 0 radical (unpaired) electrons. The quantitative estimate of drug-likeness (QED) is 0.618. The van der Waals surface area contributed by atoms with Gasteiger partial charge in [0.15, 0.2) is 0 Å². The van der Waals surface area contributed by atoms with Gasteiger partial charge in [-0.05, 0) is 36.8 Å². The fourth-order valence-electron chi connectivity index (χ4n) is 2.31. The Morgan fingerprint density at radius 2 is 1.73 bits per heavy atom. The molecule has 2 aromatic rings. The highest BCUT2D eigenvalue weighted by Gasteiger charge is 2.13. The molecule has 140 valence electrons. The van der Waals surface area contributed by atoms with Gasteiger partial charge in [0, 0.05) is 30.6 Å². The van der Waals surface area contributed by atoms with Gasteiger partial charge < -0.3 is 20.7 Å². The summed E-state index contributed by atoms with van der Waals surface area (Å²) >= 11 is 0. The molecule has 0 saturated carbocycles. The van der Waals surface area contributed by atoms with Crippen molar-refractivity contribution in [2.75, 3.05) is 37.4 Å². The molecule has 6 nitrogen and oxygen atoms in total. The molecule has 0 bridgehead atoms. The molecule has 2 aromatic carbocycles. The lowest BCUT2D eigenvalue weighted by atomic mass is 10.1. The molecule has 7 heteroatoms. The van der Waals surface area contributed by atoms with Crippen molar-refractivity contribution in [3.05, 3.63) is 59.7 Å². The van der Waals surface area contributed by atoms with Crippen LogP contribution in [-0.4, -0.2) is 38.6 Å². The first-order chi connectivity index (χ1) is 12.1. The SMILES string of the molecule is COCCNCC(=O)Nc1cccc(C(=O)Nc2ccccc2)c1C.Cl. The number of carbonyl (C=O) groups is 2. The zero-order valence-electron chi connectivity index (χ0n) is 14.9. The summed E-state index contributed by atoms with van der Waals surface area (Å²) in [5, 5.41) is 8.65. The Hall–Kier alpha value is -2.41. The van der Waals surface area contributed by atoms with Gasteiger partial charge in [-0.25, -0.2) is 0 Å². The van der Waals surface area contributed by atoms with Crippen molar-refractivity contribution in [3.8, 4) is 0 Å². The van der Waals surface area contributed by atoms with E-state index in [4.69, 9.17) is 4.74 Å². The van der Waals surface area contributed by atoms with Gasteiger partial charge in [0.25, 0.3) is 5.91 Å². The molecule has 0 aliphatic rings. The number of carbonyl (C=O) groups excluding carboxylic acids is 2. The third kappa shape index (κ3) is 6.48. The maximum absolute atomic E-state index is 12.5. The molecule has 0 spiro atoms. The van der Waals surface area contributed by atoms with Crippen LogP contribution in [0.2, 0.25) is 0 Å². The normalized spacial score (nSPS) is 9.92. The Morgan fingerprint density at radius 3 is 2.42 bits per heavy atom. The Morgan fingerprint density at radius 1 is 1.00 bits per heavy atom. The smallest absolute Gasteiger partial charge is 0.256 e. The third-order valence-corrected chi connectivity index (χ3v) is 3.65. The Balaban J connectivity index is 0.00000338. The van der Waals surface area contributed by atoms with Gasteiger partial charge in [0.1, 0.15) is 0 Å². The minimum atomic E-state index is -0.210. The summed E-state index contributed by atoms with van der Waals surface area (Å²) in [5.74, 6) is -0.377. The van der Waals surface area contributed by atoms with Crippen molar-refractivity contribution in [3.63, 3.8) is 0 Å². The predicted octanol–water partition coefficient (Wildman–Crippen LogP) is 2.84. The van der Waals surface area contributed by atoms with E-state index < -0.39 is 0 Å². The number of nitrogens with one attached hydrogen (secondary N) is 3. The van der Waals surface area contributed by atoms with Crippen molar-refractivity contribution in [1.82, 2.24) is 5.32 Å². The van der Waals surface area contributed by atoms with E-state index in [2.05, 4.69) is 16.0 Å². The van der Waals surface area contributed by atoms with Crippen LogP contribution in [0, 0.1) is 6.92 Å². The molecule has 0 aliphatic carbocycles. The number of halogens is 1. The first kappa shape index (κ1) is 21.6. The molecule has 0 aliphatic heterocycles. The molecule has 2 amide bonds. The van der Waals surface area contributed by atoms with Gasteiger partial charge in [-0.1, -0.05) is 24.3 Å². The molecule has 0 atom stereocenters. The van der Waals surface area contributed by atoms with Crippen LogP contribution in [0.25, 0.3) is 0 Å². The summed E-state index contributed by atoms with van der Waals surface area (Å²) < 4.78 is 4.91. The zero-order chi connectivity index (χ0) is 18.1. The number of anilines is 2. The molecule has 26 heavy (non-hydrogen) atoms. The first-order valence-electron chi connectivity index (χ1n) is 8.07. The third-order valence-electron chi connectivity index (χ3n) is 3.65. The highest BCUT2D eigenvalue weighted by atomic mass is 35.5. The second-order valence-corrected chi connectivity index (χ2v) is 5.52. The zero-order valence-corrected chi connectivity index (χ0v) is 15.7. The fraction of sp³-hybridized carbons (Fsp3) is 0.263. The lowest BCUT2D eigenvalue weighted by Gasteiger charge is -2.13. The number of amides is 2. The Labute approximate surface area is 159 Å². The van der Waals surface area contributed by atoms with E-state index in [0.717, 1.165) is 11.3 Å². The lowest BCUT2D eigenvalue weighted by Crippen LogP contribution is -2.30. The van der Waals surface area contributed by atoms with E-state index in [1.54, 1.807) is 25.3 Å². The number of para-hydroxylation sites is 1. The van der Waals surface area contributed by atoms with Crippen LogP contribution >= 0.6 is 12.4 Å². The molecule has 3 N–H and O–H groups in total. The molecule has 0 heterocycles. The van der Waals surface area contributed by atoms with Crippen molar-refractivity contribution in [1.29, 1.82) is 0 Å². The molecule has 2 rings (SSSR count). The summed E-state index contributed by atoms with van der Waals surface area (Å²) in [6, 6.07) is 14.5. The predicted molar refractivity (Wildman–Crippen MR) is 106 cm³/mol. The Kier molecular flexibility index (Phi) is 9.36. The number of rotatable bonds is 8. The average Bonchev–Trinajstić information content (AvgIpc) is 2.61. The first-order valence-corrected chi connectivity index (χ1v) is 8.07. The van der Waals surface area contributed by atoms with Gasteiger partial charge in [-0.15, -0.1) is 12.4 Å². The van der Waals surface area contributed by atoms with E-state index in [-0.39, 0.29) is 30.8 Å². The van der Waals surface area contributed by atoms with E-state index in [1.165, 1.54) is 0 Å². The molecular formula is C19H24ClN3O3. The average molecular weight is 378 g/mol. The highest BCUT2D eigenvalue weighted by molar-refractivity contribution is 6.06. The maximum Gasteiger partial charge on any atom is 0.256 e. The molecule has 0 unspecified atom stereocenters. The number of methoxy groups -OCH3 is 1. The van der Waals surface area contributed by atoms with E-state index in [0.29, 0.717) is 24.4 Å². The van der Waals surface area contributed by atoms with Crippen LogP contribution in [-0.2, 0) is 9.53 Å². The summed E-state index contributed by atoms with van der Waals surface area (Å²) in [4.78, 5) is 24.5. The standard InChI is InChI=1S/C19H23N3O3.ClH/c1-14-16(19(24)21-15-7-4-3-5-8-15)9-6-10-17(14)22-18(23)13-20-11-12-25-2;/h3-10,20H,11-13H2,1-2H3,(H,21,24)(H,22,23);1H. The van der Waals surface area contributed by atoms with Gasteiger partial charge in [0.2, 0.25) is 5.91 Å². The second kappa shape index (κ2) is 11.3. The number of benzene rings is 2. The second-order valence-electron chi connectivity index (χ2n) is 5.52. The van der Waals surface area contributed by atoms with E-state index in [1.807, 2.05) is 37.3 Å². The largest absolute Gasteiger partial charge is 0.383 e. The van der Waals surface area contributed by atoms with Crippen molar-refractivity contribution in [2.45, 2.75) is 6.92 Å².